The molecule has 0 spiro atoms. The molecule has 5 heteroatoms. The predicted octanol–water partition coefficient (Wildman–Crippen LogP) is 1.66. The number of amides is 1. The lowest BCUT2D eigenvalue weighted by molar-refractivity contribution is -0.117. The third kappa shape index (κ3) is 2.68. The maximum Gasteiger partial charge on any atom is 0.232 e. The largest absolute Gasteiger partial charge is 0.373 e. The van der Waals surface area contributed by atoms with Gasteiger partial charge >= 0.3 is 0 Å². The van der Waals surface area contributed by atoms with Gasteiger partial charge in [0.15, 0.2) is 0 Å². The van der Waals surface area contributed by atoms with Crippen molar-refractivity contribution in [3.05, 3.63) is 42.4 Å². The first-order chi connectivity index (χ1) is 8.70. The van der Waals surface area contributed by atoms with Crippen molar-refractivity contribution < 1.29 is 4.79 Å². The van der Waals surface area contributed by atoms with Crippen LogP contribution in [-0.2, 0) is 11.2 Å². The Hall–Kier alpha value is -2.30. The number of hydrogen-bond donors (Lipinski definition) is 2. The molecule has 2 heterocycles. The van der Waals surface area contributed by atoms with Crippen molar-refractivity contribution in [2.75, 3.05) is 24.3 Å². The summed E-state index contributed by atoms with van der Waals surface area (Å²) in [5.74, 6) is 0.806. The predicted molar refractivity (Wildman–Crippen MR) is 71.7 cm³/mol. The van der Waals surface area contributed by atoms with Crippen molar-refractivity contribution >= 4 is 17.4 Å². The van der Waals surface area contributed by atoms with E-state index in [0.29, 0.717) is 6.42 Å². The number of rotatable bonds is 4. The minimum atomic E-state index is 0.0245. The van der Waals surface area contributed by atoms with Gasteiger partial charge in [-0.3, -0.25) is 4.79 Å². The maximum absolute atomic E-state index is 12.0. The number of H-pyrrole nitrogens is 1. The van der Waals surface area contributed by atoms with Gasteiger partial charge in [-0.2, -0.15) is 0 Å². The van der Waals surface area contributed by atoms with Crippen LogP contribution >= 0.6 is 0 Å². The summed E-state index contributed by atoms with van der Waals surface area (Å²) in [6, 6.07) is 7.49. The fraction of sp³-hybridized carbons (Fsp3) is 0.231. The Morgan fingerprint density at radius 2 is 2.28 bits per heavy atom. The fourth-order valence-corrected chi connectivity index (χ4v) is 1.64. The average Bonchev–Trinajstić information content (AvgIpc) is 2.91. The van der Waals surface area contributed by atoms with Gasteiger partial charge in [0, 0.05) is 26.0 Å². The van der Waals surface area contributed by atoms with Gasteiger partial charge in [0.1, 0.15) is 5.82 Å². The van der Waals surface area contributed by atoms with E-state index >= 15 is 0 Å². The highest BCUT2D eigenvalue weighted by Gasteiger charge is 2.12. The van der Waals surface area contributed by atoms with Crippen LogP contribution in [0.5, 0.6) is 0 Å². The smallest absolute Gasteiger partial charge is 0.232 e. The van der Waals surface area contributed by atoms with Crippen molar-refractivity contribution in [3.63, 3.8) is 0 Å². The molecule has 0 radical (unpaired) electrons. The first-order valence-electron chi connectivity index (χ1n) is 5.73. The first-order valence-corrected chi connectivity index (χ1v) is 5.73. The minimum Gasteiger partial charge on any atom is -0.373 e. The highest BCUT2D eigenvalue weighted by Crippen LogP contribution is 2.14. The molecule has 94 valence electrons. The molecule has 0 saturated heterocycles. The quantitative estimate of drug-likeness (QED) is 0.859. The van der Waals surface area contributed by atoms with Crippen LogP contribution < -0.4 is 10.2 Å². The molecular weight excluding hydrogens is 228 g/mol. The van der Waals surface area contributed by atoms with Gasteiger partial charge in [-0.15, -0.1) is 0 Å². The van der Waals surface area contributed by atoms with Gasteiger partial charge in [-0.25, -0.2) is 4.98 Å². The van der Waals surface area contributed by atoms with E-state index in [1.54, 1.807) is 18.1 Å². The molecule has 0 aromatic carbocycles. The van der Waals surface area contributed by atoms with E-state index in [9.17, 15) is 4.79 Å². The zero-order chi connectivity index (χ0) is 13.0. The van der Waals surface area contributed by atoms with Gasteiger partial charge in [-0.05, 0) is 24.3 Å². The van der Waals surface area contributed by atoms with Crippen molar-refractivity contribution in [1.29, 1.82) is 0 Å². The Balaban J connectivity index is 2.05. The van der Waals surface area contributed by atoms with Crippen LogP contribution in [0.4, 0.5) is 11.5 Å². The second kappa shape index (κ2) is 5.35. The van der Waals surface area contributed by atoms with E-state index in [1.165, 1.54) is 0 Å². The molecule has 0 atom stereocenters. The number of aromatic amines is 1. The molecule has 18 heavy (non-hydrogen) atoms. The Kier molecular flexibility index (Phi) is 3.62. The molecule has 0 aliphatic carbocycles. The van der Waals surface area contributed by atoms with Crippen LogP contribution in [0.1, 0.15) is 5.69 Å². The van der Waals surface area contributed by atoms with Crippen LogP contribution in [0, 0.1) is 0 Å². The molecule has 0 bridgehead atoms. The number of hydrogen-bond acceptors (Lipinski definition) is 3. The van der Waals surface area contributed by atoms with E-state index in [1.807, 2.05) is 37.5 Å². The second-order valence-electron chi connectivity index (χ2n) is 3.98. The Bertz CT molecular complexity index is 504. The third-order valence-electron chi connectivity index (χ3n) is 2.77. The number of likely N-dealkylation sites (N-methyl/N-ethyl adjacent to an activating group) is 1. The number of carbonyl (C=O) groups is 1. The molecule has 1 amide bonds. The summed E-state index contributed by atoms with van der Waals surface area (Å²) in [6.07, 6.45) is 3.85. The van der Waals surface area contributed by atoms with E-state index in [-0.39, 0.29) is 5.91 Å². The second-order valence-corrected chi connectivity index (χ2v) is 3.98. The van der Waals surface area contributed by atoms with E-state index in [4.69, 9.17) is 0 Å². The highest BCUT2D eigenvalue weighted by molar-refractivity contribution is 5.93. The van der Waals surface area contributed by atoms with Crippen LogP contribution in [-0.4, -0.2) is 30.0 Å². The van der Waals surface area contributed by atoms with Crippen LogP contribution in [0.25, 0.3) is 0 Å². The summed E-state index contributed by atoms with van der Waals surface area (Å²) >= 11 is 0. The lowest BCUT2D eigenvalue weighted by Gasteiger charge is -2.16. The third-order valence-corrected chi connectivity index (χ3v) is 2.77. The van der Waals surface area contributed by atoms with Gasteiger partial charge in [0.2, 0.25) is 5.91 Å². The Morgan fingerprint density at radius 1 is 1.44 bits per heavy atom. The standard InChI is InChI=1S/C13H16N4O/c1-14-12-6-5-11(9-16-12)17(2)13(18)8-10-4-3-7-15-10/h3-7,9,15H,8H2,1-2H3,(H,14,16). The molecule has 2 N–H and O–H groups in total. The Labute approximate surface area is 106 Å². The highest BCUT2D eigenvalue weighted by atomic mass is 16.2. The molecule has 5 nitrogen and oxygen atoms in total. The topological polar surface area (TPSA) is 61.0 Å². The van der Waals surface area contributed by atoms with Crippen molar-refractivity contribution in [3.8, 4) is 0 Å². The normalized spacial score (nSPS) is 10.1. The summed E-state index contributed by atoms with van der Waals surface area (Å²) in [5.41, 5.74) is 1.69. The van der Waals surface area contributed by atoms with E-state index < -0.39 is 0 Å². The van der Waals surface area contributed by atoms with E-state index in [2.05, 4.69) is 15.3 Å². The number of nitrogens with one attached hydrogen (secondary N) is 2. The fourth-order valence-electron chi connectivity index (χ4n) is 1.64. The SMILES string of the molecule is CNc1ccc(N(C)C(=O)Cc2ccc[nH]2)cn1. The van der Waals surface area contributed by atoms with Gasteiger partial charge in [0.05, 0.1) is 18.3 Å². The average molecular weight is 244 g/mol. The molecule has 0 fully saturated rings. The number of carbonyl (C=O) groups excluding carboxylic acids is 1. The van der Waals surface area contributed by atoms with Crippen LogP contribution in [0.2, 0.25) is 0 Å². The monoisotopic (exact) mass is 244 g/mol. The molecule has 2 rings (SSSR count). The summed E-state index contributed by atoms with van der Waals surface area (Å²) in [4.78, 5) is 20.8. The summed E-state index contributed by atoms with van der Waals surface area (Å²) < 4.78 is 0. The lowest BCUT2D eigenvalue weighted by Crippen LogP contribution is -2.28. The maximum atomic E-state index is 12.0. The molecule has 0 saturated carbocycles. The van der Waals surface area contributed by atoms with Crippen molar-refractivity contribution in [1.82, 2.24) is 9.97 Å². The zero-order valence-electron chi connectivity index (χ0n) is 10.5. The van der Waals surface area contributed by atoms with Crippen LogP contribution in [0.15, 0.2) is 36.7 Å². The van der Waals surface area contributed by atoms with E-state index in [0.717, 1.165) is 17.2 Å². The minimum absolute atomic E-state index is 0.0245. The summed E-state index contributed by atoms with van der Waals surface area (Å²) in [5, 5.41) is 2.94. The lowest BCUT2D eigenvalue weighted by atomic mass is 10.2. The Morgan fingerprint density at radius 3 is 2.83 bits per heavy atom. The molecule has 0 aliphatic rings. The van der Waals surface area contributed by atoms with Crippen molar-refractivity contribution in [2.24, 2.45) is 0 Å². The van der Waals surface area contributed by atoms with Gasteiger partial charge in [0.25, 0.3) is 0 Å². The first kappa shape index (κ1) is 12.2. The van der Waals surface area contributed by atoms with Crippen LogP contribution in [0.3, 0.4) is 0 Å². The van der Waals surface area contributed by atoms with Crippen molar-refractivity contribution in [2.45, 2.75) is 6.42 Å². The van der Waals surface area contributed by atoms with Gasteiger partial charge in [-0.1, -0.05) is 0 Å². The molecule has 2 aromatic heterocycles. The number of nitrogens with zero attached hydrogens (tertiary/aromatic N) is 2. The molecule has 2 aromatic rings. The number of anilines is 2. The number of pyridine rings is 1. The molecule has 0 aliphatic heterocycles. The van der Waals surface area contributed by atoms with Gasteiger partial charge < -0.3 is 15.2 Å². The number of aromatic nitrogens is 2. The summed E-state index contributed by atoms with van der Waals surface area (Å²) in [7, 11) is 3.56. The summed E-state index contributed by atoms with van der Waals surface area (Å²) in [6.45, 7) is 0. The molecule has 0 unspecified atom stereocenters. The zero-order valence-corrected chi connectivity index (χ0v) is 10.5. The molecular formula is C13H16N4O.